The minimum absolute atomic E-state index is 0.336. The highest BCUT2D eigenvalue weighted by molar-refractivity contribution is 5.09. The molecule has 1 aliphatic heterocycles. The van der Waals surface area contributed by atoms with E-state index in [0.29, 0.717) is 5.41 Å². The number of hydrogen-bond acceptors (Lipinski definition) is 1. The van der Waals surface area contributed by atoms with E-state index >= 15 is 0 Å². The number of aryl methyl sites for hydroxylation is 1. The molecule has 0 amide bonds. The van der Waals surface area contributed by atoms with Crippen molar-refractivity contribution in [2.75, 3.05) is 0 Å². The summed E-state index contributed by atoms with van der Waals surface area (Å²) < 4.78 is 2.44. The van der Waals surface area contributed by atoms with Gasteiger partial charge in [-0.3, -0.25) is 0 Å². The number of aromatic nitrogens is 2. The van der Waals surface area contributed by atoms with Crippen molar-refractivity contribution < 1.29 is 0 Å². The van der Waals surface area contributed by atoms with Crippen LogP contribution >= 0.6 is 0 Å². The van der Waals surface area contributed by atoms with Crippen molar-refractivity contribution >= 4 is 0 Å². The smallest absolute Gasteiger partial charge is 0.109 e. The van der Waals surface area contributed by atoms with Crippen LogP contribution in [0, 0.1) is 11.3 Å². The second kappa shape index (κ2) is 3.66. The number of hydrogen-bond donors (Lipinski definition) is 0. The largest absolute Gasteiger partial charge is 0.332 e. The molecule has 0 aromatic carbocycles. The standard InChI is InChI=1S/C13H22N2/c1-10-5-6-11-8-14-12(15(11)9-10)7-13(2,3)4/h8,10H,5-7,9H2,1-4H3. The normalized spacial score (nSPS) is 21.5. The monoisotopic (exact) mass is 206 g/mol. The number of imidazole rings is 1. The average Bonchev–Trinajstić information content (AvgIpc) is 2.46. The quantitative estimate of drug-likeness (QED) is 0.690. The summed E-state index contributed by atoms with van der Waals surface area (Å²) >= 11 is 0. The molecular weight excluding hydrogens is 184 g/mol. The van der Waals surface area contributed by atoms with Crippen molar-refractivity contribution in [1.82, 2.24) is 9.55 Å². The lowest BCUT2D eigenvalue weighted by Gasteiger charge is -2.25. The molecule has 0 fully saturated rings. The third kappa shape index (κ3) is 2.42. The van der Waals surface area contributed by atoms with Crippen LogP contribution in [0.2, 0.25) is 0 Å². The van der Waals surface area contributed by atoms with Gasteiger partial charge in [-0.25, -0.2) is 4.98 Å². The van der Waals surface area contributed by atoms with Gasteiger partial charge in [0.15, 0.2) is 0 Å². The van der Waals surface area contributed by atoms with E-state index in [9.17, 15) is 0 Å². The van der Waals surface area contributed by atoms with Gasteiger partial charge in [0.25, 0.3) is 0 Å². The summed E-state index contributed by atoms with van der Waals surface area (Å²) in [5.74, 6) is 2.09. The van der Waals surface area contributed by atoms with Gasteiger partial charge in [-0.1, -0.05) is 27.7 Å². The first kappa shape index (κ1) is 10.7. The van der Waals surface area contributed by atoms with Crippen LogP contribution in [0.15, 0.2) is 6.20 Å². The molecule has 2 rings (SSSR count). The molecule has 0 saturated carbocycles. The van der Waals surface area contributed by atoms with Crippen molar-refractivity contribution in [2.45, 2.75) is 53.5 Å². The average molecular weight is 206 g/mol. The summed E-state index contributed by atoms with van der Waals surface area (Å²) in [6.07, 6.45) is 5.69. The maximum Gasteiger partial charge on any atom is 0.109 e. The Labute approximate surface area is 92.7 Å². The highest BCUT2D eigenvalue weighted by Gasteiger charge is 2.21. The Morgan fingerprint density at radius 1 is 1.47 bits per heavy atom. The van der Waals surface area contributed by atoms with Crippen LogP contribution in [-0.4, -0.2) is 9.55 Å². The molecule has 1 aromatic heterocycles. The van der Waals surface area contributed by atoms with Gasteiger partial charge in [0, 0.05) is 24.9 Å². The highest BCUT2D eigenvalue weighted by atomic mass is 15.1. The van der Waals surface area contributed by atoms with E-state index in [2.05, 4.69) is 43.4 Å². The predicted octanol–water partition coefficient (Wildman–Crippen LogP) is 3.05. The van der Waals surface area contributed by atoms with Crippen LogP contribution in [0.1, 0.15) is 45.6 Å². The summed E-state index contributed by atoms with van der Waals surface area (Å²) in [6, 6.07) is 0. The molecule has 2 heteroatoms. The molecule has 0 bridgehead atoms. The lowest BCUT2D eigenvalue weighted by Crippen LogP contribution is -2.22. The van der Waals surface area contributed by atoms with Crippen molar-refractivity contribution in [1.29, 1.82) is 0 Å². The maximum absolute atomic E-state index is 4.58. The Morgan fingerprint density at radius 3 is 2.87 bits per heavy atom. The summed E-state index contributed by atoms with van der Waals surface area (Å²) in [4.78, 5) is 4.58. The van der Waals surface area contributed by atoms with Gasteiger partial charge < -0.3 is 4.57 Å². The number of rotatable bonds is 1. The Hall–Kier alpha value is -0.790. The van der Waals surface area contributed by atoms with Crippen LogP contribution < -0.4 is 0 Å². The fraction of sp³-hybridized carbons (Fsp3) is 0.769. The Morgan fingerprint density at radius 2 is 2.20 bits per heavy atom. The van der Waals surface area contributed by atoms with Crippen LogP contribution in [0.3, 0.4) is 0 Å². The first-order valence-corrected chi connectivity index (χ1v) is 5.99. The zero-order valence-electron chi connectivity index (χ0n) is 10.4. The Kier molecular flexibility index (Phi) is 2.61. The summed E-state index contributed by atoms with van der Waals surface area (Å²) in [6.45, 7) is 10.3. The van der Waals surface area contributed by atoms with Gasteiger partial charge in [0.05, 0.1) is 0 Å². The third-order valence-corrected chi connectivity index (χ3v) is 3.10. The molecule has 1 unspecified atom stereocenters. The van der Waals surface area contributed by atoms with Crippen LogP contribution in [0.4, 0.5) is 0 Å². The van der Waals surface area contributed by atoms with Crippen molar-refractivity contribution in [3.8, 4) is 0 Å². The minimum atomic E-state index is 0.336. The van der Waals surface area contributed by atoms with E-state index in [1.165, 1.54) is 30.9 Å². The molecule has 0 aliphatic carbocycles. The second-order valence-electron chi connectivity index (χ2n) is 6.16. The lowest BCUT2D eigenvalue weighted by atomic mass is 9.91. The van der Waals surface area contributed by atoms with E-state index in [1.807, 2.05) is 0 Å². The van der Waals surface area contributed by atoms with Gasteiger partial charge >= 0.3 is 0 Å². The summed E-state index contributed by atoms with van der Waals surface area (Å²) in [5, 5.41) is 0. The van der Waals surface area contributed by atoms with Crippen molar-refractivity contribution in [3.05, 3.63) is 17.7 Å². The third-order valence-electron chi connectivity index (χ3n) is 3.10. The van der Waals surface area contributed by atoms with Gasteiger partial charge in [-0.05, 0) is 24.2 Å². The van der Waals surface area contributed by atoms with E-state index in [1.54, 1.807) is 0 Å². The first-order chi connectivity index (χ1) is 6.96. The molecule has 1 atom stereocenters. The van der Waals surface area contributed by atoms with Gasteiger partial charge in [0.1, 0.15) is 5.82 Å². The number of fused-ring (bicyclic) bond motifs is 1. The highest BCUT2D eigenvalue weighted by Crippen LogP contribution is 2.25. The maximum atomic E-state index is 4.58. The molecular formula is C13H22N2. The van der Waals surface area contributed by atoms with Gasteiger partial charge in [-0.2, -0.15) is 0 Å². The predicted molar refractivity (Wildman–Crippen MR) is 62.9 cm³/mol. The summed E-state index contributed by atoms with van der Waals surface area (Å²) in [5.41, 5.74) is 1.77. The van der Waals surface area contributed by atoms with E-state index in [-0.39, 0.29) is 0 Å². The van der Waals surface area contributed by atoms with Crippen molar-refractivity contribution in [3.63, 3.8) is 0 Å². The van der Waals surface area contributed by atoms with Crippen LogP contribution in [0.5, 0.6) is 0 Å². The molecule has 0 N–H and O–H groups in total. The topological polar surface area (TPSA) is 17.8 Å². The fourth-order valence-corrected chi connectivity index (χ4v) is 2.29. The minimum Gasteiger partial charge on any atom is -0.332 e. The zero-order valence-corrected chi connectivity index (χ0v) is 10.4. The van der Waals surface area contributed by atoms with Crippen molar-refractivity contribution in [2.24, 2.45) is 11.3 Å². The molecule has 1 aliphatic rings. The molecule has 2 nitrogen and oxygen atoms in total. The van der Waals surface area contributed by atoms with Crippen LogP contribution in [-0.2, 0) is 19.4 Å². The molecule has 0 saturated heterocycles. The second-order valence-corrected chi connectivity index (χ2v) is 6.16. The first-order valence-electron chi connectivity index (χ1n) is 5.99. The molecule has 1 aromatic rings. The van der Waals surface area contributed by atoms with Crippen LogP contribution in [0.25, 0.3) is 0 Å². The van der Waals surface area contributed by atoms with E-state index in [4.69, 9.17) is 0 Å². The summed E-state index contributed by atoms with van der Waals surface area (Å²) in [7, 11) is 0. The fourth-order valence-electron chi connectivity index (χ4n) is 2.29. The molecule has 0 spiro atoms. The SMILES string of the molecule is CC1CCc2cnc(CC(C)(C)C)n2C1. The molecule has 2 heterocycles. The Bertz CT molecular complexity index is 344. The zero-order chi connectivity index (χ0) is 11.1. The lowest BCUT2D eigenvalue weighted by molar-refractivity contribution is 0.355. The molecule has 0 radical (unpaired) electrons. The molecule has 15 heavy (non-hydrogen) atoms. The van der Waals surface area contributed by atoms with Gasteiger partial charge in [-0.15, -0.1) is 0 Å². The van der Waals surface area contributed by atoms with E-state index in [0.717, 1.165) is 12.3 Å². The molecule has 84 valence electrons. The Balaban J connectivity index is 2.23. The van der Waals surface area contributed by atoms with E-state index < -0.39 is 0 Å². The van der Waals surface area contributed by atoms with Gasteiger partial charge in [0.2, 0.25) is 0 Å². The number of nitrogens with zero attached hydrogens (tertiary/aromatic N) is 2.